The maximum absolute atomic E-state index is 12.4. The molecule has 8 nitrogen and oxygen atoms in total. The third-order valence-corrected chi connectivity index (χ3v) is 3.97. The Bertz CT molecular complexity index is 726. The number of carbonyl (C=O) groups is 1. The second-order valence-electron chi connectivity index (χ2n) is 4.36. The SMILES string of the molecule is COc1ccc([S+]([O-])Nc2cc(N)cnc2OC)cc1C(=O)O. The van der Waals surface area contributed by atoms with Crippen molar-refractivity contribution in [3.8, 4) is 11.6 Å². The van der Waals surface area contributed by atoms with E-state index in [-0.39, 0.29) is 22.1 Å². The van der Waals surface area contributed by atoms with E-state index in [9.17, 15) is 9.35 Å². The first-order chi connectivity index (χ1) is 11.0. The molecule has 9 heteroatoms. The molecule has 0 saturated heterocycles. The van der Waals surface area contributed by atoms with E-state index < -0.39 is 17.3 Å². The minimum atomic E-state index is -1.74. The minimum absolute atomic E-state index is 0.0854. The summed E-state index contributed by atoms with van der Waals surface area (Å²) in [6.45, 7) is 0. The highest BCUT2D eigenvalue weighted by Crippen LogP contribution is 2.28. The largest absolute Gasteiger partial charge is 0.588 e. The highest BCUT2D eigenvalue weighted by Gasteiger charge is 2.20. The fourth-order valence-corrected chi connectivity index (χ4v) is 2.71. The summed E-state index contributed by atoms with van der Waals surface area (Å²) in [7, 11) is 2.78. The van der Waals surface area contributed by atoms with Gasteiger partial charge in [-0.3, -0.25) is 0 Å². The number of pyridine rings is 1. The molecule has 1 heterocycles. The number of hydrogen-bond donors (Lipinski definition) is 3. The van der Waals surface area contributed by atoms with Crippen molar-refractivity contribution < 1.29 is 23.9 Å². The predicted octanol–water partition coefficient (Wildman–Crippen LogP) is 1.51. The van der Waals surface area contributed by atoms with Crippen molar-refractivity contribution in [2.24, 2.45) is 0 Å². The van der Waals surface area contributed by atoms with Crippen molar-refractivity contribution in [1.82, 2.24) is 4.98 Å². The van der Waals surface area contributed by atoms with Crippen LogP contribution in [0, 0.1) is 0 Å². The number of hydrogen-bond acceptors (Lipinski definition) is 7. The molecule has 1 aromatic heterocycles. The third kappa shape index (κ3) is 3.76. The van der Waals surface area contributed by atoms with E-state index in [1.165, 1.54) is 44.7 Å². The van der Waals surface area contributed by atoms with E-state index in [2.05, 4.69) is 9.71 Å². The van der Waals surface area contributed by atoms with Crippen LogP contribution in [0.2, 0.25) is 0 Å². The van der Waals surface area contributed by atoms with Crippen LogP contribution < -0.4 is 19.9 Å². The molecule has 0 spiro atoms. The van der Waals surface area contributed by atoms with Crippen LogP contribution in [-0.2, 0) is 11.4 Å². The van der Waals surface area contributed by atoms with Gasteiger partial charge in [-0.05, 0) is 18.2 Å². The quantitative estimate of drug-likeness (QED) is 0.676. The second kappa shape index (κ2) is 7.07. The van der Waals surface area contributed by atoms with Crippen molar-refractivity contribution in [3.63, 3.8) is 0 Å². The first-order valence-electron chi connectivity index (χ1n) is 6.35. The number of carboxylic acid groups (broad SMARTS) is 1. The summed E-state index contributed by atoms with van der Waals surface area (Å²) in [5, 5.41) is 9.17. The first kappa shape index (κ1) is 16.7. The summed E-state index contributed by atoms with van der Waals surface area (Å²) in [5.41, 5.74) is 6.26. The highest BCUT2D eigenvalue weighted by atomic mass is 32.2. The summed E-state index contributed by atoms with van der Waals surface area (Å²) < 4.78 is 25.1. The van der Waals surface area contributed by atoms with Crippen LogP contribution in [-0.4, -0.2) is 34.8 Å². The van der Waals surface area contributed by atoms with Crippen molar-refractivity contribution in [1.29, 1.82) is 0 Å². The molecule has 0 radical (unpaired) electrons. The fraction of sp³-hybridized carbons (Fsp3) is 0.143. The van der Waals surface area contributed by atoms with Gasteiger partial charge in [0.2, 0.25) is 5.88 Å². The molecule has 0 amide bonds. The molecular formula is C14H15N3O5S. The van der Waals surface area contributed by atoms with E-state index in [1.54, 1.807) is 0 Å². The number of aromatic nitrogens is 1. The number of ether oxygens (including phenoxy) is 2. The minimum Gasteiger partial charge on any atom is -0.588 e. The molecule has 0 aliphatic carbocycles. The lowest BCUT2D eigenvalue weighted by atomic mass is 10.2. The molecular weight excluding hydrogens is 322 g/mol. The molecule has 23 heavy (non-hydrogen) atoms. The molecule has 2 rings (SSSR count). The van der Waals surface area contributed by atoms with Crippen LogP contribution in [0.25, 0.3) is 0 Å². The molecule has 0 aliphatic heterocycles. The lowest BCUT2D eigenvalue weighted by Crippen LogP contribution is -2.15. The number of rotatable bonds is 6. The Hall–Kier alpha value is -2.65. The molecule has 1 unspecified atom stereocenters. The van der Waals surface area contributed by atoms with Gasteiger partial charge in [0.15, 0.2) is 4.90 Å². The molecule has 1 atom stereocenters. The van der Waals surface area contributed by atoms with Gasteiger partial charge in [-0.2, -0.15) is 4.72 Å². The zero-order valence-electron chi connectivity index (χ0n) is 12.4. The Balaban J connectivity index is 2.31. The second-order valence-corrected chi connectivity index (χ2v) is 5.58. The van der Waals surface area contributed by atoms with Crippen molar-refractivity contribution in [2.75, 3.05) is 24.7 Å². The maximum Gasteiger partial charge on any atom is 0.339 e. The van der Waals surface area contributed by atoms with Gasteiger partial charge in [0.25, 0.3) is 0 Å². The van der Waals surface area contributed by atoms with Gasteiger partial charge in [0.05, 0.1) is 26.1 Å². The van der Waals surface area contributed by atoms with Crippen molar-refractivity contribution in [2.45, 2.75) is 4.90 Å². The van der Waals surface area contributed by atoms with E-state index in [0.717, 1.165) is 0 Å². The van der Waals surface area contributed by atoms with Gasteiger partial charge in [0, 0.05) is 6.07 Å². The molecule has 4 N–H and O–H groups in total. The first-order valence-corrected chi connectivity index (χ1v) is 7.50. The number of aromatic carboxylic acids is 1. The molecule has 2 aromatic rings. The normalized spacial score (nSPS) is 11.6. The number of anilines is 2. The molecule has 0 fully saturated rings. The van der Waals surface area contributed by atoms with E-state index in [0.29, 0.717) is 11.4 Å². The predicted molar refractivity (Wildman–Crippen MR) is 85.2 cm³/mol. The van der Waals surface area contributed by atoms with Gasteiger partial charge in [-0.15, -0.1) is 0 Å². The molecule has 0 saturated carbocycles. The monoisotopic (exact) mass is 337 g/mol. The van der Waals surface area contributed by atoms with Gasteiger partial charge >= 0.3 is 5.97 Å². The third-order valence-electron chi connectivity index (χ3n) is 2.88. The number of nitrogens with one attached hydrogen (secondary N) is 1. The Morgan fingerprint density at radius 1 is 1.35 bits per heavy atom. The number of nitrogen functional groups attached to an aromatic ring is 1. The van der Waals surface area contributed by atoms with Crippen LogP contribution in [0.3, 0.4) is 0 Å². The van der Waals surface area contributed by atoms with Gasteiger partial charge in [-0.1, -0.05) is 0 Å². The van der Waals surface area contributed by atoms with Crippen molar-refractivity contribution >= 4 is 28.7 Å². The van der Waals surface area contributed by atoms with E-state index in [4.69, 9.17) is 20.3 Å². The van der Waals surface area contributed by atoms with Crippen molar-refractivity contribution in [3.05, 3.63) is 36.0 Å². The summed E-state index contributed by atoms with van der Waals surface area (Å²) in [6.07, 6.45) is 1.41. The number of nitrogens with two attached hydrogens (primary N) is 1. The van der Waals surface area contributed by atoms with E-state index in [1.807, 2.05) is 0 Å². The smallest absolute Gasteiger partial charge is 0.339 e. The summed E-state index contributed by atoms with van der Waals surface area (Å²) >= 11 is -1.74. The van der Waals surface area contributed by atoms with Crippen LogP contribution in [0.5, 0.6) is 11.6 Å². The topological polar surface area (TPSA) is 130 Å². The fourth-order valence-electron chi connectivity index (χ4n) is 1.83. The van der Waals surface area contributed by atoms with Crippen LogP contribution in [0.4, 0.5) is 11.4 Å². The number of benzene rings is 1. The number of carboxylic acids is 1. The molecule has 0 aliphatic rings. The lowest BCUT2D eigenvalue weighted by Gasteiger charge is -2.14. The Kier molecular flexibility index (Phi) is 5.14. The summed E-state index contributed by atoms with van der Waals surface area (Å²) in [6, 6.07) is 5.73. The van der Waals surface area contributed by atoms with Crippen LogP contribution >= 0.6 is 0 Å². The Labute approximate surface area is 135 Å². The zero-order valence-corrected chi connectivity index (χ0v) is 13.2. The van der Waals surface area contributed by atoms with Gasteiger partial charge in [-0.25, -0.2) is 9.78 Å². The lowest BCUT2D eigenvalue weighted by molar-refractivity contribution is 0.0693. The van der Waals surface area contributed by atoms with Crippen LogP contribution in [0.1, 0.15) is 10.4 Å². The average Bonchev–Trinajstić information content (AvgIpc) is 2.54. The summed E-state index contributed by atoms with van der Waals surface area (Å²) in [5.74, 6) is -0.773. The summed E-state index contributed by atoms with van der Waals surface area (Å²) in [4.78, 5) is 15.4. The Morgan fingerprint density at radius 3 is 2.70 bits per heavy atom. The van der Waals surface area contributed by atoms with Gasteiger partial charge < -0.3 is 24.9 Å². The number of nitrogens with zero attached hydrogens (tertiary/aromatic N) is 1. The average molecular weight is 337 g/mol. The molecule has 1 aromatic carbocycles. The van der Waals surface area contributed by atoms with Crippen LogP contribution in [0.15, 0.2) is 35.4 Å². The van der Waals surface area contributed by atoms with E-state index >= 15 is 0 Å². The number of methoxy groups -OCH3 is 2. The maximum atomic E-state index is 12.4. The highest BCUT2D eigenvalue weighted by molar-refractivity contribution is 7.92. The standard InChI is InChI=1S/C14H15N3O5S/c1-21-12-4-3-9(6-10(12)14(18)19)23(20)17-11-5-8(15)7-16-13(11)22-2/h3-7,17H,15H2,1-2H3,(H,18,19). The van der Waals surface area contributed by atoms with Gasteiger partial charge in [0.1, 0.15) is 28.4 Å². The molecule has 122 valence electrons. The zero-order chi connectivity index (χ0) is 17.0. The Morgan fingerprint density at radius 2 is 2.09 bits per heavy atom. The molecule has 0 bridgehead atoms.